The first kappa shape index (κ1) is 13.3. The molecule has 0 aromatic heterocycles. The summed E-state index contributed by atoms with van der Waals surface area (Å²) >= 11 is 12.6. The molecule has 2 aliphatic rings. The van der Waals surface area contributed by atoms with Crippen LogP contribution in [-0.4, -0.2) is 37.6 Å². The number of halogens is 2. The number of nitrogen functional groups attached to an aromatic ring is 1. The van der Waals surface area contributed by atoms with Gasteiger partial charge in [-0.3, -0.25) is 4.90 Å². The van der Waals surface area contributed by atoms with Crippen LogP contribution >= 0.6 is 23.2 Å². The molecule has 1 aliphatic heterocycles. The van der Waals surface area contributed by atoms with Gasteiger partial charge in [-0.1, -0.05) is 23.2 Å². The Morgan fingerprint density at radius 1 is 1.05 bits per heavy atom. The van der Waals surface area contributed by atoms with E-state index in [1.54, 1.807) is 12.1 Å². The Bertz CT molecular complexity index is 443. The Kier molecular flexibility index (Phi) is 3.79. The largest absolute Gasteiger partial charge is 0.399 e. The maximum atomic E-state index is 6.28. The van der Waals surface area contributed by atoms with Gasteiger partial charge in [0.25, 0.3) is 0 Å². The van der Waals surface area contributed by atoms with Gasteiger partial charge in [0.2, 0.25) is 0 Å². The molecule has 0 bridgehead atoms. The van der Waals surface area contributed by atoms with Crippen molar-refractivity contribution in [1.82, 2.24) is 4.90 Å². The number of rotatable bonds is 3. The zero-order chi connectivity index (χ0) is 13.4. The summed E-state index contributed by atoms with van der Waals surface area (Å²) in [7, 11) is 0. The molecule has 0 atom stereocenters. The first-order chi connectivity index (χ1) is 9.13. The summed E-state index contributed by atoms with van der Waals surface area (Å²) in [6.45, 7) is 5.41. The average molecular weight is 300 g/mol. The third-order valence-corrected chi connectivity index (χ3v) is 4.52. The Morgan fingerprint density at radius 3 is 2.16 bits per heavy atom. The van der Waals surface area contributed by atoms with Gasteiger partial charge in [-0.05, 0) is 30.9 Å². The van der Waals surface area contributed by atoms with E-state index in [-0.39, 0.29) is 0 Å². The molecule has 1 aromatic rings. The molecule has 0 spiro atoms. The second-order valence-electron chi connectivity index (χ2n) is 5.56. The van der Waals surface area contributed by atoms with Crippen molar-refractivity contribution in [3.8, 4) is 0 Å². The molecule has 0 amide bonds. The van der Waals surface area contributed by atoms with E-state index in [2.05, 4.69) is 9.80 Å². The Labute approximate surface area is 124 Å². The van der Waals surface area contributed by atoms with Gasteiger partial charge in [-0.15, -0.1) is 0 Å². The third kappa shape index (κ3) is 3.10. The fourth-order valence-corrected chi connectivity index (χ4v) is 3.45. The summed E-state index contributed by atoms with van der Waals surface area (Å²) in [6.07, 6.45) is 2.83. The van der Waals surface area contributed by atoms with Crippen molar-refractivity contribution in [2.45, 2.75) is 12.8 Å². The van der Waals surface area contributed by atoms with Crippen molar-refractivity contribution in [1.29, 1.82) is 0 Å². The Balaban J connectivity index is 1.67. The Morgan fingerprint density at radius 2 is 1.63 bits per heavy atom. The van der Waals surface area contributed by atoms with Crippen LogP contribution in [0.1, 0.15) is 12.8 Å². The second kappa shape index (κ2) is 5.39. The van der Waals surface area contributed by atoms with E-state index in [0.29, 0.717) is 15.7 Å². The lowest BCUT2D eigenvalue weighted by atomic mass is 10.2. The third-order valence-electron chi connectivity index (χ3n) is 3.94. The van der Waals surface area contributed by atoms with Gasteiger partial charge in [0.15, 0.2) is 0 Å². The minimum absolute atomic E-state index is 0.617. The summed E-state index contributed by atoms with van der Waals surface area (Å²) in [6, 6.07) is 3.55. The fourth-order valence-electron chi connectivity index (χ4n) is 2.71. The summed E-state index contributed by atoms with van der Waals surface area (Å²) in [4.78, 5) is 4.82. The molecule has 1 aliphatic carbocycles. The molecule has 1 saturated carbocycles. The maximum absolute atomic E-state index is 6.28. The lowest BCUT2D eigenvalue weighted by Gasteiger charge is -2.37. The molecule has 3 rings (SSSR count). The molecule has 1 aromatic carbocycles. The normalized spacial score (nSPS) is 20.8. The van der Waals surface area contributed by atoms with Crippen LogP contribution in [0.5, 0.6) is 0 Å². The monoisotopic (exact) mass is 299 g/mol. The Hall–Kier alpha value is -0.640. The molecule has 2 N–H and O–H groups in total. The minimum atomic E-state index is 0.617. The average Bonchev–Trinajstić information content (AvgIpc) is 3.14. The highest BCUT2D eigenvalue weighted by molar-refractivity contribution is 6.39. The van der Waals surface area contributed by atoms with Gasteiger partial charge >= 0.3 is 0 Å². The van der Waals surface area contributed by atoms with Crippen LogP contribution in [-0.2, 0) is 0 Å². The van der Waals surface area contributed by atoms with Crippen LogP contribution in [0.2, 0.25) is 10.0 Å². The van der Waals surface area contributed by atoms with Crippen LogP contribution in [0.25, 0.3) is 0 Å². The topological polar surface area (TPSA) is 32.5 Å². The summed E-state index contributed by atoms with van der Waals surface area (Å²) in [5.74, 6) is 0.954. The van der Waals surface area contributed by atoms with Crippen LogP contribution in [0, 0.1) is 5.92 Å². The molecular formula is C14H19Cl2N3. The van der Waals surface area contributed by atoms with E-state index in [4.69, 9.17) is 28.9 Å². The number of nitrogens with two attached hydrogens (primary N) is 1. The standard InChI is InChI=1S/C14H19Cl2N3/c15-12-7-11(17)8-13(16)14(12)19-5-3-18(4-6-19)9-10-1-2-10/h7-8,10H,1-6,9,17H2. The predicted molar refractivity (Wildman–Crippen MR) is 82.3 cm³/mol. The molecule has 1 heterocycles. The zero-order valence-corrected chi connectivity index (χ0v) is 12.4. The summed E-state index contributed by atoms with van der Waals surface area (Å²) < 4.78 is 0. The predicted octanol–water partition coefficient (Wildman–Crippen LogP) is 3.11. The van der Waals surface area contributed by atoms with Crippen molar-refractivity contribution in [2.75, 3.05) is 43.4 Å². The van der Waals surface area contributed by atoms with Gasteiger partial charge in [-0.25, -0.2) is 0 Å². The van der Waals surface area contributed by atoms with E-state index >= 15 is 0 Å². The van der Waals surface area contributed by atoms with Gasteiger partial charge in [0, 0.05) is 38.4 Å². The van der Waals surface area contributed by atoms with Crippen molar-refractivity contribution < 1.29 is 0 Å². The summed E-state index contributed by atoms with van der Waals surface area (Å²) in [5.41, 5.74) is 7.30. The lowest BCUT2D eigenvalue weighted by molar-refractivity contribution is 0.248. The number of nitrogens with zero attached hydrogens (tertiary/aromatic N) is 2. The van der Waals surface area contributed by atoms with Crippen LogP contribution in [0.4, 0.5) is 11.4 Å². The molecule has 3 nitrogen and oxygen atoms in total. The van der Waals surface area contributed by atoms with Gasteiger partial charge in [0.1, 0.15) is 0 Å². The second-order valence-corrected chi connectivity index (χ2v) is 6.38. The van der Waals surface area contributed by atoms with E-state index in [1.165, 1.54) is 19.4 Å². The van der Waals surface area contributed by atoms with Gasteiger partial charge < -0.3 is 10.6 Å². The molecule has 2 fully saturated rings. The highest BCUT2D eigenvalue weighted by Gasteiger charge is 2.27. The number of hydrogen-bond donors (Lipinski definition) is 1. The quantitative estimate of drug-likeness (QED) is 0.871. The van der Waals surface area contributed by atoms with Gasteiger partial charge in [-0.2, -0.15) is 0 Å². The van der Waals surface area contributed by atoms with Crippen molar-refractivity contribution in [3.63, 3.8) is 0 Å². The fraction of sp³-hybridized carbons (Fsp3) is 0.571. The van der Waals surface area contributed by atoms with E-state index in [0.717, 1.165) is 37.8 Å². The van der Waals surface area contributed by atoms with Crippen molar-refractivity contribution in [2.24, 2.45) is 5.92 Å². The SMILES string of the molecule is Nc1cc(Cl)c(N2CCN(CC3CC3)CC2)c(Cl)c1. The van der Waals surface area contributed by atoms with Crippen LogP contribution in [0.15, 0.2) is 12.1 Å². The number of anilines is 2. The molecule has 0 radical (unpaired) electrons. The van der Waals surface area contributed by atoms with Crippen LogP contribution < -0.4 is 10.6 Å². The lowest BCUT2D eigenvalue weighted by Crippen LogP contribution is -2.47. The molecule has 1 saturated heterocycles. The molecule has 5 heteroatoms. The smallest absolute Gasteiger partial charge is 0.0747 e. The molecule has 19 heavy (non-hydrogen) atoms. The van der Waals surface area contributed by atoms with Crippen molar-refractivity contribution >= 4 is 34.6 Å². The van der Waals surface area contributed by atoms with E-state index in [1.807, 2.05) is 0 Å². The molecule has 104 valence electrons. The van der Waals surface area contributed by atoms with E-state index in [9.17, 15) is 0 Å². The molecular weight excluding hydrogens is 281 g/mol. The highest BCUT2D eigenvalue weighted by atomic mass is 35.5. The first-order valence-electron chi connectivity index (χ1n) is 6.85. The number of benzene rings is 1. The highest BCUT2D eigenvalue weighted by Crippen LogP contribution is 2.36. The van der Waals surface area contributed by atoms with Crippen molar-refractivity contribution in [3.05, 3.63) is 22.2 Å². The number of hydrogen-bond acceptors (Lipinski definition) is 3. The maximum Gasteiger partial charge on any atom is 0.0747 e. The zero-order valence-electron chi connectivity index (χ0n) is 10.9. The number of piperazine rings is 1. The minimum Gasteiger partial charge on any atom is -0.399 e. The summed E-state index contributed by atoms with van der Waals surface area (Å²) in [5, 5.41) is 1.31. The van der Waals surface area contributed by atoms with Crippen LogP contribution in [0.3, 0.4) is 0 Å². The van der Waals surface area contributed by atoms with Gasteiger partial charge in [0.05, 0.1) is 15.7 Å². The first-order valence-corrected chi connectivity index (χ1v) is 7.61. The van der Waals surface area contributed by atoms with E-state index < -0.39 is 0 Å². The molecule has 0 unspecified atom stereocenters.